The van der Waals surface area contributed by atoms with Crippen LogP contribution >= 0.6 is 0 Å². The van der Waals surface area contributed by atoms with Crippen molar-refractivity contribution < 1.29 is 23.9 Å². The molecule has 2 aromatic carbocycles. The third-order valence-electron chi connectivity index (χ3n) is 4.75. The molecule has 8 heteroatoms. The van der Waals surface area contributed by atoms with Crippen LogP contribution in [0, 0.1) is 0 Å². The fraction of sp³-hybridized carbons (Fsp3) is 0.318. The second-order valence-corrected chi connectivity index (χ2v) is 6.88. The summed E-state index contributed by atoms with van der Waals surface area (Å²) in [5.74, 6) is -1.22. The van der Waals surface area contributed by atoms with Crippen molar-refractivity contribution in [3.8, 4) is 5.75 Å². The molecular formula is C22H25N3O5. The van der Waals surface area contributed by atoms with Gasteiger partial charge in [-0.1, -0.05) is 24.3 Å². The molecule has 1 fully saturated rings. The van der Waals surface area contributed by atoms with Crippen molar-refractivity contribution in [3.05, 3.63) is 59.7 Å². The van der Waals surface area contributed by atoms with Gasteiger partial charge in [0.25, 0.3) is 5.91 Å². The van der Waals surface area contributed by atoms with E-state index in [-0.39, 0.29) is 29.8 Å². The highest BCUT2D eigenvalue weighted by Gasteiger charge is 2.21. The Bertz CT molecular complexity index is 892. The van der Waals surface area contributed by atoms with Crippen LogP contribution in [0.1, 0.15) is 28.8 Å². The summed E-state index contributed by atoms with van der Waals surface area (Å²) in [6, 6.07) is 13.9. The second-order valence-electron chi connectivity index (χ2n) is 6.88. The summed E-state index contributed by atoms with van der Waals surface area (Å²) in [4.78, 5) is 36.9. The van der Waals surface area contributed by atoms with E-state index < -0.39 is 11.8 Å². The van der Waals surface area contributed by atoms with E-state index in [9.17, 15) is 14.4 Å². The average molecular weight is 411 g/mol. The number of methoxy groups -OCH3 is 1. The van der Waals surface area contributed by atoms with E-state index in [0.717, 1.165) is 24.2 Å². The normalized spacial score (nSPS) is 15.3. The van der Waals surface area contributed by atoms with Crippen LogP contribution in [0.4, 0.5) is 5.69 Å². The average Bonchev–Trinajstić information content (AvgIpc) is 3.30. The van der Waals surface area contributed by atoms with Gasteiger partial charge in [-0.05, 0) is 42.7 Å². The molecule has 3 amide bonds. The highest BCUT2D eigenvalue weighted by Crippen LogP contribution is 2.16. The van der Waals surface area contributed by atoms with Gasteiger partial charge in [0.05, 0.1) is 24.5 Å². The fourth-order valence-electron chi connectivity index (χ4n) is 3.08. The highest BCUT2D eigenvalue weighted by atomic mass is 16.5. The van der Waals surface area contributed by atoms with Gasteiger partial charge in [-0.2, -0.15) is 0 Å². The first-order valence-electron chi connectivity index (χ1n) is 9.77. The van der Waals surface area contributed by atoms with E-state index in [0.29, 0.717) is 13.2 Å². The van der Waals surface area contributed by atoms with Gasteiger partial charge >= 0.3 is 11.8 Å². The van der Waals surface area contributed by atoms with Crippen molar-refractivity contribution in [3.63, 3.8) is 0 Å². The molecule has 1 heterocycles. The third-order valence-corrected chi connectivity index (χ3v) is 4.75. The molecule has 2 aromatic rings. The molecule has 0 aliphatic carbocycles. The van der Waals surface area contributed by atoms with Crippen LogP contribution in [0.5, 0.6) is 5.75 Å². The molecule has 1 atom stereocenters. The Hall–Kier alpha value is -3.39. The Kier molecular flexibility index (Phi) is 7.40. The van der Waals surface area contributed by atoms with Crippen LogP contribution in [0.2, 0.25) is 0 Å². The summed E-state index contributed by atoms with van der Waals surface area (Å²) in [7, 11) is 1.59. The van der Waals surface area contributed by atoms with Crippen molar-refractivity contribution in [2.45, 2.75) is 25.5 Å². The van der Waals surface area contributed by atoms with E-state index in [1.807, 2.05) is 24.3 Å². The SMILES string of the molecule is COc1ccc(CNC(=O)c2ccccc2NC(=O)C(=O)NC[C@H]2CCCO2)cc1. The van der Waals surface area contributed by atoms with Gasteiger partial charge in [-0.25, -0.2) is 0 Å². The highest BCUT2D eigenvalue weighted by molar-refractivity contribution is 6.40. The number of hydrogen-bond acceptors (Lipinski definition) is 5. The van der Waals surface area contributed by atoms with E-state index in [1.165, 1.54) is 0 Å². The zero-order valence-electron chi connectivity index (χ0n) is 16.8. The lowest BCUT2D eigenvalue weighted by Crippen LogP contribution is -2.39. The van der Waals surface area contributed by atoms with Gasteiger partial charge in [-0.3, -0.25) is 14.4 Å². The molecule has 30 heavy (non-hydrogen) atoms. The number of nitrogens with one attached hydrogen (secondary N) is 3. The predicted octanol–water partition coefficient (Wildman–Crippen LogP) is 1.86. The summed E-state index contributed by atoms with van der Waals surface area (Å²) >= 11 is 0. The summed E-state index contributed by atoms with van der Waals surface area (Å²) < 4.78 is 10.5. The number of benzene rings is 2. The maximum absolute atomic E-state index is 12.6. The number of carbonyl (C=O) groups is 3. The first-order chi connectivity index (χ1) is 14.6. The minimum Gasteiger partial charge on any atom is -0.497 e. The molecule has 1 aliphatic heterocycles. The number of hydrogen-bond donors (Lipinski definition) is 3. The van der Waals surface area contributed by atoms with Crippen molar-refractivity contribution in [2.75, 3.05) is 25.6 Å². The van der Waals surface area contributed by atoms with E-state index in [1.54, 1.807) is 31.4 Å². The largest absolute Gasteiger partial charge is 0.497 e. The molecule has 0 saturated carbocycles. The van der Waals surface area contributed by atoms with Gasteiger partial charge in [0.1, 0.15) is 5.75 Å². The zero-order valence-corrected chi connectivity index (χ0v) is 16.8. The molecule has 1 aliphatic rings. The number of carbonyl (C=O) groups excluding carboxylic acids is 3. The smallest absolute Gasteiger partial charge is 0.313 e. The van der Waals surface area contributed by atoms with E-state index in [4.69, 9.17) is 9.47 Å². The first kappa shape index (κ1) is 21.3. The number of rotatable bonds is 7. The number of ether oxygens (including phenoxy) is 2. The first-order valence-corrected chi connectivity index (χ1v) is 9.77. The Labute approximate surface area is 174 Å². The topological polar surface area (TPSA) is 106 Å². The lowest BCUT2D eigenvalue weighted by molar-refractivity contribution is -0.136. The molecule has 0 spiro atoms. The molecule has 8 nitrogen and oxygen atoms in total. The maximum Gasteiger partial charge on any atom is 0.313 e. The van der Waals surface area contributed by atoms with Crippen molar-refractivity contribution in [1.82, 2.24) is 10.6 Å². The van der Waals surface area contributed by atoms with Gasteiger partial charge in [0.15, 0.2) is 0 Å². The number of para-hydroxylation sites is 1. The lowest BCUT2D eigenvalue weighted by atomic mass is 10.1. The fourth-order valence-corrected chi connectivity index (χ4v) is 3.08. The Balaban J connectivity index is 1.56. The number of anilines is 1. The molecule has 158 valence electrons. The molecule has 0 aromatic heterocycles. The van der Waals surface area contributed by atoms with Crippen molar-refractivity contribution in [1.29, 1.82) is 0 Å². The summed E-state index contributed by atoms with van der Waals surface area (Å²) in [5, 5.41) is 7.88. The molecule has 3 rings (SSSR count). The number of amides is 3. The molecule has 0 bridgehead atoms. The Morgan fingerprint density at radius 3 is 2.50 bits per heavy atom. The zero-order chi connectivity index (χ0) is 21.3. The van der Waals surface area contributed by atoms with Crippen LogP contribution in [-0.4, -0.2) is 44.1 Å². The monoisotopic (exact) mass is 411 g/mol. The minimum absolute atomic E-state index is 0.0576. The van der Waals surface area contributed by atoms with Crippen LogP contribution < -0.4 is 20.7 Å². The summed E-state index contributed by atoms with van der Waals surface area (Å²) in [6.45, 7) is 1.27. The van der Waals surface area contributed by atoms with Gasteiger partial charge in [-0.15, -0.1) is 0 Å². The Morgan fingerprint density at radius 2 is 1.80 bits per heavy atom. The van der Waals surface area contributed by atoms with Crippen molar-refractivity contribution in [2.24, 2.45) is 0 Å². The lowest BCUT2D eigenvalue weighted by Gasteiger charge is -2.13. The second kappa shape index (κ2) is 10.4. The van der Waals surface area contributed by atoms with Crippen LogP contribution in [-0.2, 0) is 20.9 Å². The summed E-state index contributed by atoms with van der Waals surface area (Å²) in [6.07, 6.45) is 1.75. The maximum atomic E-state index is 12.6. The molecule has 0 unspecified atom stereocenters. The van der Waals surface area contributed by atoms with Gasteiger partial charge in [0.2, 0.25) is 0 Å². The van der Waals surface area contributed by atoms with E-state index in [2.05, 4.69) is 16.0 Å². The van der Waals surface area contributed by atoms with Gasteiger partial charge < -0.3 is 25.4 Å². The van der Waals surface area contributed by atoms with E-state index >= 15 is 0 Å². The van der Waals surface area contributed by atoms with Crippen LogP contribution in [0.3, 0.4) is 0 Å². The molecule has 1 saturated heterocycles. The molecule has 0 radical (unpaired) electrons. The molecular weight excluding hydrogens is 386 g/mol. The molecule has 3 N–H and O–H groups in total. The van der Waals surface area contributed by atoms with Crippen molar-refractivity contribution >= 4 is 23.4 Å². The van der Waals surface area contributed by atoms with Crippen LogP contribution in [0.25, 0.3) is 0 Å². The quantitative estimate of drug-likeness (QED) is 0.603. The van der Waals surface area contributed by atoms with Crippen LogP contribution in [0.15, 0.2) is 48.5 Å². The summed E-state index contributed by atoms with van der Waals surface area (Å²) in [5.41, 5.74) is 1.44. The predicted molar refractivity (Wildman–Crippen MR) is 111 cm³/mol. The standard InChI is InChI=1S/C22H25N3O5/c1-29-16-10-8-15(9-11-16)13-23-20(26)18-6-2-3-7-19(18)25-22(28)21(27)24-14-17-5-4-12-30-17/h2-3,6-11,17H,4-5,12-14H2,1H3,(H,23,26)(H,24,27)(H,25,28)/t17-/m1/s1. The Morgan fingerprint density at radius 1 is 1.03 bits per heavy atom. The third kappa shape index (κ3) is 5.81. The minimum atomic E-state index is -0.830. The van der Waals surface area contributed by atoms with Gasteiger partial charge in [0, 0.05) is 19.7 Å².